The average molecular weight is 278 g/mol. The monoisotopic (exact) mass is 278 g/mol. The highest BCUT2D eigenvalue weighted by Gasteiger charge is 2.11. The average Bonchev–Trinajstić information content (AvgIpc) is 3.08. The maximum Gasteiger partial charge on any atom is 0.118 e. The molecule has 0 aliphatic heterocycles. The number of methoxy groups -OCH3 is 1. The van der Waals surface area contributed by atoms with Crippen LogP contribution in [0.1, 0.15) is 12.5 Å². The Morgan fingerprint density at radius 2 is 1.90 bits per heavy atom. The second kappa shape index (κ2) is 5.83. The molecule has 0 N–H and O–H groups in total. The first kappa shape index (κ1) is 13.4. The van der Waals surface area contributed by atoms with Gasteiger partial charge in [0.2, 0.25) is 0 Å². The number of hydrogen-bond donors (Lipinski definition) is 0. The highest BCUT2D eigenvalue weighted by molar-refractivity contribution is 5.76. The zero-order valence-corrected chi connectivity index (χ0v) is 12.3. The van der Waals surface area contributed by atoms with Crippen LogP contribution in [-0.2, 0) is 6.42 Å². The minimum absolute atomic E-state index is 0.872. The summed E-state index contributed by atoms with van der Waals surface area (Å²) in [5.74, 6) is 0.872. The van der Waals surface area contributed by atoms with Crippen molar-refractivity contribution in [1.82, 2.24) is 9.55 Å². The molecule has 1 aromatic heterocycles. The Labute approximate surface area is 124 Å². The first-order chi connectivity index (χ1) is 10.3. The summed E-state index contributed by atoms with van der Waals surface area (Å²) in [6.45, 7) is 2.18. The van der Waals surface area contributed by atoms with Crippen molar-refractivity contribution < 1.29 is 4.74 Å². The van der Waals surface area contributed by atoms with Crippen molar-refractivity contribution >= 4 is 0 Å². The summed E-state index contributed by atoms with van der Waals surface area (Å²) >= 11 is 0. The number of nitrogens with zero attached hydrogens (tertiary/aromatic N) is 2. The summed E-state index contributed by atoms with van der Waals surface area (Å²) in [5, 5.41) is 0. The first-order valence-corrected chi connectivity index (χ1v) is 7.08. The Morgan fingerprint density at radius 3 is 2.52 bits per heavy atom. The van der Waals surface area contributed by atoms with Crippen LogP contribution in [0.2, 0.25) is 0 Å². The number of ether oxygens (including phenoxy) is 1. The summed E-state index contributed by atoms with van der Waals surface area (Å²) in [4.78, 5) is 4.16. The summed E-state index contributed by atoms with van der Waals surface area (Å²) in [7, 11) is 1.69. The van der Waals surface area contributed by atoms with Gasteiger partial charge in [-0.2, -0.15) is 0 Å². The molecule has 0 saturated heterocycles. The molecular formula is C18H18N2O. The van der Waals surface area contributed by atoms with E-state index in [1.165, 1.54) is 16.7 Å². The van der Waals surface area contributed by atoms with Gasteiger partial charge in [0.1, 0.15) is 5.75 Å². The maximum absolute atomic E-state index is 5.25. The maximum atomic E-state index is 5.25. The van der Waals surface area contributed by atoms with Crippen LogP contribution in [-0.4, -0.2) is 16.7 Å². The van der Waals surface area contributed by atoms with Crippen LogP contribution in [0.15, 0.2) is 61.2 Å². The Balaban J connectivity index is 2.19. The van der Waals surface area contributed by atoms with E-state index in [0.29, 0.717) is 0 Å². The van der Waals surface area contributed by atoms with Crippen molar-refractivity contribution in [1.29, 1.82) is 0 Å². The van der Waals surface area contributed by atoms with E-state index >= 15 is 0 Å². The van der Waals surface area contributed by atoms with Crippen molar-refractivity contribution in [3.8, 4) is 22.6 Å². The van der Waals surface area contributed by atoms with Crippen LogP contribution in [0.4, 0.5) is 0 Å². The molecule has 0 unspecified atom stereocenters. The lowest BCUT2D eigenvalue weighted by Gasteiger charge is -2.15. The fraction of sp³-hybridized carbons (Fsp3) is 0.167. The van der Waals surface area contributed by atoms with Gasteiger partial charge in [-0.25, -0.2) is 4.98 Å². The molecule has 3 nitrogen and oxygen atoms in total. The third-order valence-corrected chi connectivity index (χ3v) is 3.67. The molecule has 0 spiro atoms. The lowest BCUT2D eigenvalue weighted by molar-refractivity contribution is 0.415. The SMILES string of the molecule is CCc1cccc(-n2ccnc2)c1-c1ccc(OC)cc1. The van der Waals surface area contributed by atoms with E-state index in [0.717, 1.165) is 17.9 Å². The number of aromatic nitrogens is 2. The van der Waals surface area contributed by atoms with Gasteiger partial charge in [0.15, 0.2) is 0 Å². The minimum Gasteiger partial charge on any atom is -0.497 e. The van der Waals surface area contributed by atoms with Crippen LogP contribution in [0.3, 0.4) is 0 Å². The first-order valence-electron chi connectivity index (χ1n) is 7.08. The van der Waals surface area contributed by atoms with Gasteiger partial charge < -0.3 is 9.30 Å². The summed E-state index contributed by atoms with van der Waals surface area (Å²) in [6, 6.07) is 14.6. The molecule has 0 bridgehead atoms. The summed E-state index contributed by atoms with van der Waals surface area (Å²) in [6.07, 6.45) is 6.60. The van der Waals surface area contributed by atoms with Gasteiger partial charge in [-0.3, -0.25) is 0 Å². The van der Waals surface area contributed by atoms with E-state index in [-0.39, 0.29) is 0 Å². The Bertz CT molecular complexity index is 715. The largest absolute Gasteiger partial charge is 0.497 e. The Morgan fingerprint density at radius 1 is 1.10 bits per heavy atom. The number of imidazole rings is 1. The molecule has 0 aliphatic carbocycles. The highest BCUT2D eigenvalue weighted by Crippen LogP contribution is 2.32. The molecule has 3 aromatic rings. The van der Waals surface area contributed by atoms with Crippen molar-refractivity contribution in [2.24, 2.45) is 0 Å². The third-order valence-electron chi connectivity index (χ3n) is 3.67. The molecule has 0 amide bonds. The highest BCUT2D eigenvalue weighted by atomic mass is 16.5. The molecular weight excluding hydrogens is 260 g/mol. The van der Waals surface area contributed by atoms with Crippen molar-refractivity contribution in [3.05, 3.63) is 66.7 Å². The van der Waals surface area contributed by atoms with Gasteiger partial charge in [0, 0.05) is 18.0 Å². The zero-order chi connectivity index (χ0) is 14.7. The lowest BCUT2D eigenvalue weighted by Crippen LogP contribution is -1.98. The molecule has 3 heteroatoms. The van der Waals surface area contributed by atoms with E-state index in [1.54, 1.807) is 13.3 Å². The Kier molecular flexibility index (Phi) is 3.73. The lowest BCUT2D eigenvalue weighted by atomic mass is 9.96. The molecule has 0 radical (unpaired) electrons. The third kappa shape index (κ3) is 2.55. The van der Waals surface area contributed by atoms with Gasteiger partial charge in [-0.15, -0.1) is 0 Å². The van der Waals surface area contributed by atoms with Crippen LogP contribution in [0.5, 0.6) is 5.75 Å². The predicted molar refractivity (Wildman–Crippen MR) is 84.9 cm³/mol. The minimum atomic E-state index is 0.872. The fourth-order valence-electron chi connectivity index (χ4n) is 2.59. The molecule has 106 valence electrons. The van der Waals surface area contributed by atoms with Crippen molar-refractivity contribution in [2.75, 3.05) is 7.11 Å². The van der Waals surface area contributed by atoms with Gasteiger partial charge in [-0.1, -0.05) is 31.2 Å². The number of rotatable bonds is 4. The molecule has 0 saturated carbocycles. The van der Waals surface area contributed by atoms with Crippen LogP contribution >= 0.6 is 0 Å². The molecule has 21 heavy (non-hydrogen) atoms. The normalized spacial score (nSPS) is 10.6. The van der Waals surface area contributed by atoms with Crippen molar-refractivity contribution in [2.45, 2.75) is 13.3 Å². The predicted octanol–water partition coefficient (Wildman–Crippen LogP) is 4.11. The standard InChI is InChI=1S/C18H18N2O/c1-3-14-5-4-6-17(20-12-11-19-13-20)18(14)15-7-9-16(21-2)10-8-15/h4-13H,3H2,1-2H3. The topological polar surface area (TPSA) is 27.1 Å². The van der Waals surface area contributed by atoms with Gasteiger partial charge >= 0.3 is 0 Å². The van der Waals surface area contributed by atoms with E-state index in [9.17, 15) is 0 Å². The van der Waals surface area contributed by atoms with E-state index in [2.05, 4.69) is 46.8 Å². The van der Waals surface area contributed by atoms with Crippen LogP contribution in [0.25, 0.3) is 16.8 Å². The summed E-state index contributed by atoms with van der Waals surface area (Å²) < 4.78 is 7.30. The number of hydrogen-bond acceptors (Lipinski definition) is 2. The molecule has 1 heterocycles. The molecule has 0 fully saturated rings. The fourth-order valence-corrected chi connectivity index (χ4v) is 2.59. The van der Waals surface area contributed by atoms with Gasteiger partial charge in [-0.05, 0) is 35.7 Å². The van der Waals surface area contributed by atoms with E-state index in [1.807, 2.05) is 24.7 Å². The van der Waals surface area contributed by atoms with E-state index in [4.69, 9.17) is 4.74 Å². The Hall–Kier alpha value is -2.55. The molecule has 2 aromatic carbocycles. The zero-order valence-electron chi connectivity index (χ0n) is 12.3. The second-order valence-corrected chi connectivity index (χ2v) is 4.86. The quantitative estimate of drug-likeness (QED) is 0.718. The number of aryl methyl sites for hydroxylation is 1. The second-order valence-electron chi connectivity index (χ2n) is 4.86. The van der Waals surface area contributed by atoms with Gasteiger partial charge in [0.25, 0.3) is 0 Å². The van der Waals surface area contributed by atoms with Gasteiger partial charge in [0.05, 0.1) is 19.1 Å². The molecule has 0 aliphatic rings. The van der Waals surface area contributed by atoms with Crippen LogP contribution < -0.4 is 4.74 Å². The van der Waals surface area contributed by atoms with E-state index < -0.39 is 0 Å². The molecule has 3 rings (SSSR count). The van der Waals surface area contributed by atoms with Crippen molar-refractivity contribution in [3.63, 3.8) is 0 Å². The smallest absolute Gasteiger partial charge is 0.118 e. The molecule has 0 atom stereocenters. The summed E-state index contributed by atoms with van der Waals surface area (Å²) in [5.41, 5.74) is 4.92. The van der Waals surface area contributed by atoms with Crippen LogP contribution in [0, 0.1) is 0 Å². The number of benzene rings is 2.